The van der Waals surface area contributed by atoms with Crippen molar-refractivity contribution in [2.75, 3.05) is 24.9 Å². The Balaban J connectivity index is 1.65. The molecule has 7 heteroatoms. The summed E-state index contributed by atoms with van der Waals surface area (Å²) in [7, 11) is 3.17. The molecule has 2 heterocycles. The Labute approximate surface area is 155 Å². The summed E-state index contributed by atoms with van der Waals surface area (Å²) in [6, 6.07) is 13.9. The van der Waals surface area contributed by atoms with Crippen molar-refractivity contribution in [1.29, 1.82) is 0 Å². The number of ether oxygens (including phenoxy) is 2. The predicted molar refractivity (Wildman–Crippen MR) is 99.7 cm³/mol. The molecular formula is C19H18N2O4S. The summed E-state index contributed by atoms with van der Waals surface area (Å²) in [5, 5.41) is -0.182. The molecule has 134 valence electrons. The molecule has 0 spiro atoms. The summed E-state index contributed by atoms with van der Waals surface area (Å²) in [6.45, 7) is 0. The summed E-state index contributed by atoms with van der Waals surface area (Å²) in [5.74, 6) is 1.76. The molecule has 4 rings (SSSR count). The van der Waals surface area contributed by atoms with E-state index in [0.29, 0.717) is 17.2 Å². The van der Waals surface area contributed by atoms with Gasteiger partial charge in [0, 0.05) is 11.8 Å². The molecule has 2 fully saturated rings. The van der Waals surface area contributed by atoms with Gasteiger partial charge in [-0.15, -0.1) is 11.8 Å². The van der Waals surface area contributed by atoms with Gasteiger partial charge in [-0.25, -0.2) is 9.69 Å². The summed E-state index contributed by atoms with van der Waals surface area (Å²) in [6.07, 6.45) is 0. The normalized spacial score (nSPS) is 21.9. The largest absolute Gasteiger partial charge is 0.497 e. The molecule has 2 saturated heterocycles. The minimum Gasteiger partial charge on any atom is -0.497 e. The molecule has 2 aliphatic heterocycles. The van der Waals surface area contributed by atoms with Crippen molar-refractivity contribution in [3.63, 3.8) is 0 Å². The first-order valence-corrected chi connectivity index (χ1v) is 9.25. The van der Waals surface area contributed by atoms with E-state index in [1.165, 1.54) is 4.90 Å². The Morgan fingerprint density at radius 3 is 2.42 bits per heavy atom. The van der Waals surface area contributed by atoms with Gasteiger partial charge in [0.15, 0.2) is 0 Å². The van der Waals surface area contributed by atoms with E-state index in [2.05, 4.69) is 0 Å². The molecule has 2 aromatic carbocycles. The van der Waals surface area contributed by atoms with Crippen LogP contribution in [-0.4, -0.2) is 42.9 Å². The standard InChI is InChI=1S/C19H18N2O4S/c1-24-14-8-6-12(7-9-14)18-21-16(11-26-18)17(22)20(19(21)23)13-4-3-5-15(10-13)25-2/h3-10,16,18H,11H2,1-2H3/t16-,18?/m1/s1. The Morgan fingerprint density at radius 2 is 1.73 bits per heavy atom. The molecule has 26 heavy (non-hydrogen) atoms. The van der Waals surface area contributed by atoms with Gasteiger partial charge >= 0.3 is 6.03 Å². The number of rotatable bonds is 4. The van der Waals surface area contributed by atoms with E-state index in [-0.39, 0.29) is 17.3 Å². The molecule has 0 saturated carbocycles. The SMILES string of the molecule is COc1ccc(C2SC[C@@H]3C(=O)N(c4cccc(OC)c4)C(=O)N23)cc1. The topological polar surface area (TPSA) is 59.1 Å². The van der Waals surface area contributed by atoms with Crippen LogP contribution in [0, 0.1) is 0 Å². The first kappa shape index (κ1) is 16.8. The lowest BCUT2D eigenvalue weighted by Crippen LogP contribution is -2.33. The molecule has 0 aromatic heterocycles. The van der Waals surface area contributed by atoms with Crippen LogP contribution in [0.4, 0.5) is 10.5 Å². The molecule has 6 nitrogen and oxygen atoms in total. The van der Waals surface area contributed by atoms with E-state index in [9.17, 15) is 9.59 Å². The highest BCUT2D eigenvalue weighted by Gasteiger charge is 2.53. The maximum atomic E-state index is 13.1. The summed E-state index contributed by atoms with van der Waals surface area (Å²) < 4.78 is 10.4. The average molecular weight is 370 g/mol. The zero-order chi connectivity index (χ0) is 18.3. The quantitative estimate of drug-likeness (QED) is 0.773. The number of nitrogens with zero attached hydrogens (tertiary/aromatic N) is 2. The molecule has 2 aromatic rings. The number of anilines is 1. The van der Waals surface area contributed by atoms with Crippen molar-refractivity contribution in [1.82, 2.24) is 4.90 Å². The van der Waals surface area contributed by atoms with E-state index in [1.54, 1.807) is 55.1 Å². The maximum absolute atomic E-state index is 13.1. The highest BCUT2D eigenvalue weighted by Crippen LogP contribution is 2.46. The minimum atomic E-state index is -0.439. The highest BCUT2D eigenvalue weighted by molar-refractivity contribution is 7.99. The number of hydrogen-bond acceptors (Lipinski definition) is 5. The third-order valence-electron chi connectivity index (χ3n) is 4.63. The van der Waals surface area contributed by atoms with Crippen LogP contribution in [0.2, 0.25) is 0 Å². The molecule has 0 N–H and O–H groups in total. The summed E-state index contributed by atoms with van der Waals surface area (Å²) >= 11 is 1.61. The number of imide groups is 1. The third kappa shape index (κ3) is 2.59. The zero-order valence-electron chi connectivity index (χ0n) is 14.4. The molecular weight excluding hydrogens is 352 g/mol. The van der Waals surface area contributed by atoms with Gasteiger partial charge in [0.05, 0.1) is 19.9 Å². The number of fused-ring (bicyclic) bond motifs is 1. The fraction of sp³-hybridized carbons (Fsp3) is 0.263. The van der Waals surface area contributed by atoms with Gasteiger partial charge in [0.1, 0.15) is 22.9 Å². The summed E-state index contributed by atoms with van der Waals surface area (Å²) in [4.78, 5) is 28.8. The van der Waals surface area contributed by atoms with Gasteiger partial charge in [-0.3, -0.25) is 9.69 Å². The van der Waals surface area contributed by atoms with Crippen LogP contribution >= 0.6 is 11.8 Å². The lowest BCUT2D eigenvalue weighted by molar-refractivity contribution is -0.119. The Morgan fingerprint density at radius 1 is 1.00 bits per heavy atom. The second kappa shape index (κ2) is 6.57. The first-order chi connectivity index (χ1) is 12.6. The predicted octanol–water partition coefficient (Wildman–Crippen LogP) is 3.29. The van der Waals surface area contributed by atoms with Crippen LogP contribution in [0.15, 0.2) is 48.5 Å². The fourth-order valence-corrected chi connectivity index (χ4v) is 4.72. The van der Waals surface area contributed by atoms with Crippen LogP contribution < -0.4 is 14.4 Å². The number of thioether (sulfide) groups is 1. The van der Waals surface area contributed by atoms with Crippen molar-refractivity contribution < 1.29 is 19.1 Å². The van der Waals surface area contributed by atoms with E-state index in [1.807, 2.05) is 24.3 Å². The van der Waals surface area contributed by atoms with Crippen molar-refractivity contribution in [2.24, 2.45) is 0 Å². The molecule has 1 unspecified atom stereocenters. The smallest absolute Gasteiger partial charge is 0.333 e. The van der Waals surface area contributed by atoms with E-state index < -0.39 is 6.04 Å². The number of methoxy groups -OCH3 is 2. The molecule has 3 amide bonds. The molecule has 0 radical (unpaired) electrons. The number of benzene rings is 2. The average Bonchev–Trinajstić information content (AvgIpc) is 3.22. The zero-order valence-corrected chi connectivity index (χ0v) is 15.2. The summed E-state index contributed by atoms with van der Waals surface area (Å²) in [5.41, 5.74) is 1.51. The maximum Gasteiger partial charge on any atom is 0.333 e. The Kier molecular flexibility index (Phi) is 4.24. The van der Waals surface area contributed by atoms with Gasteiger partial charge in [0.25, 0.3) is 5.91 Å². The minimum absolute atomic E-state index is 0.182. The van der Waals surface area contributed by atoms with Crippen LogP contribution in [0.1, 0.15) is 10.9 Å². The highest BCUT2D eigenvalue weighted by atomic mass is 32.2. The third-order valence-corrected chi connectivity index (χ3v) is 5.95. The van der Waals surface area contributed by atoms with Crippen LogP contribution in [0.25, 0.3) is 0 Å². The first-order valence-electron chi connectivity index (χ1n) is 8.20. The van der Waals surface area contributed by atoms with Gasteiger partial charge < -0.3 is 9.47 Å². The van der Waals surface area contributed by atoms with Gasteiger partial charge in [-0.2, -0.15) is 0 Å². The van der Waals surface area contributed by atoms with Crippen LogP contribution in [0.5, 0.6) is 11.5 Å². The van der Waals surface area contributed by atoms with E-state index in [4.69, 9.17) is 9.47 Å². The molecule has 2 atom stereocenters. The van der Waals surface area contributed by atoms with Crippen LogP contribution in [-0.2, 0) is 4.79 Å². The number of hydrogen-bond donors (Lipinski definition) is 0. The second-order valence-electron chi connectivity index (χ2n) is 6.04. The number of amides is 3. The van der Waals surface area contributed by atoms with Crippen molar-refractivity contribution >= 4 is 29.4 Å². The van der Waals surface area contributed by atoms with E-state index in [0.717, 1.165) is 11.3 Å². The van der Waals surface area contributed by atoms with Crippen molar-refractivity contribution in [3.05, 3.63) is 54.1 Å². The van der Waals surface area contributed by atoms with Gasteiger partial charge in [-0.05, 0) is 29.8 Å². The van der Waals surface area contributed by atoms with E-state index >= 15 is 0 Å². The Hall–Kier alpha value is -2.67. The number of carbonyl (C=O) groups is 2. The lowest BCUT2D eigenvalue weighted by Gasteiger charge is -2.23. The van der Waals surface area contributed by atoms with Crippen molar-refractivity contribution in [2.45, 2.75) is 11.4 Å². The van der Waals surface area contributed by atoms with Crippen LogP contribution in [0.3, 0.4) is 0 Å². The van der Waals surface area contributed by atoms with Gasteiger partial charge in [0.2, 0.25) is 0 Å². The monoisotopic (exact) mass is 370 g/mol. The molecule has 0 aliphatic carbocycles. The lowest BCUT2D eigenvalue weighted by atomic mass is 10.2. The molecule has 0 bridgehead atoms. The Bertz CT molecular complexity index is 855. The number of urea groups is 1. The molecule has 2 aliphatic rings. The number of carbonyl (C=O) groups excluding carboxylic acids is 2. The van der Waals surface area contributed by atoms with Crippen molar-refractivity contribution in [3.8, 4) is 11.5 Å². The fourth-order valence-electron chi connectivity index (χ4n) is 3.30. The second-order valence-corrected chi connectivity index (χ2v) is 7.15. The van der Waals surface area contributed by atoms with Gasteiger partial charge in [-0.1, -0.05) is 18.2 Å².